The van der Waals surface area contributed by atoms with Crippen LogP contribution in [0, 0.1) is 0 Å². The number of likely N-dealkylation sites (N-methyl/N-ethyl adjacent to an activating group) is 1. The molecule has 8 nitrogen and oxygen atoms in total. The standard InChI is InChI=1S/C21H26ClN3O5S/c1-21(2,3)30-20(27)14-25(17-9-5-7-15(22)11-17)31(28,29)18-10-6-8-16(12-18)24-19(26)13-23-4/h5-12,23H,13-14H2,1-4H3,(H,24,26). The molecule has 0 atom stereocenters. The molecule has 31 heavy (non-hydrogen) atoms. The molecule has 168 valence electrons. The van der Waals surface area contributed by atoms with Gasteiger partial charge >= 0.3 is 5.97 Å². The number of anilines is 2. The SMILES string of the molecule is CNCC(=O)Nc1cccc(S(=O)(=O)N(CC(=O)OC(C)(C)C)c2cccc(Cl)c2)c1. The molecule has 0 fully saturated rings. The highest BCUT2D eigenvalue weighted by Crippen LogP contribution is 2.27. The van der Waals surface area contributed by atoms with Crippen molar-refractivity contribution in [1.82, 2.24) is 5.32 Å². The molecule has 0 aliphatic carbocycles. The van der Waals surface area contributed by atoms with E-state index in [4.69, 9.17) is 16.3 Å². The van der Waals surface area contributed by atoms with E-state index in [1.165, 1.54) is 30.3 Å². The van der Waals surface area contributed by atoms with E-state index in [0.717, 1.165) is 4.31 Å². The molecule has 2 rings (SSSR count). The van der Waals surface area contributed by atoms with Gasteiger partial charge in [0.1, 0.15) is 12.1 Å². The van der Waals surface area contributed by atoms with Crippen molar-refractivity contribution in [2.75, 3.05) is 29.8 Å². The molecule has 0 spiro atoms. The van der Waals surface area contributed by atoms with Crippen molar-refractivity contribution in [3.63, 3.8) is 0 Å². The van der Waals surface area contributed by atoms with Gasteiger partial charge in [0.15, 0.2) is 0 Å². The van der Waals surface area contributed by atoms with Crippen LogP contribution in [0.4, 0.5) is 11.4 Å². The molecule has 2 aromatic rings. The summed E-state index contributed by atoms with van der Waals surface area (Å²) in [6.07, 6.45) is 0. The summed E-state index contributed by atoms with van der Waals surface area (Å²) in [6.45, 7) is 4.61. The van der Waals surface area contributed by atoms with Crippen molar-refractivity contribution in [2.45, 2.75) is 31.3 Å². The summed E-state index contributed by atoms with van der Waals surface area (Å²) in [6, 6.07) is 12.0. The summed E-state index contributed by atoms with van der Waals surface area (Å²) in [5, 5.41) is 5.65. The van der Waals surface area contributed by atoms with Crippen LogP contribution in [0.5, 0.6) is 0 Å². The fourth-order valence-corrected chi connectivity index (χ4v) is 4.30. The number of carbonyl (C=O) groups excluding carboxylic acids is 2. The Hall–Kier alpha value is -2.62. The Morgan fingerprint density at radius 3 is 2.39 bits per heavy atom. The van der Waals surface area contributed by atoms with E-state index < -0.39 is 28.1 Å². The number of hydrogen-bond acceptors (Lipinski definition) is 6. The van der Waals surface area contributed by atoms with Crippen molar-refractivity contribution in [3.8, 4) is 0 Å². The minimum atomic E-state index is -4.19. The molecule has 0 unspecified atom stereocenters. The quantitative estimate of drug-likeness (QED) is 0.578. The summed E-state index contributed by atoms with van der Waals surface area (Å²) in [5.41, 5.74) is -0.258. The third-order valence-electron chi connectivity index (χ3n) is 3.83. The first kappa shape index (κ1) is 24.6. The van der Waals surface area contributed by atoms with Gasteiger partial charge in [-0.3, -0.25) is 13.9 Å². The monoisotopic (exact) mass is 467 g/mol. The Morgan fingerprint density at radius 1 is 1.10 bits per heavy atom. The van der Waals surface area contributed by atoms with Crippen LogP contribution in [0.1, 0.15) is 20.8 Å². The maximum Gasteiger partial charge on any atom is 0.327 e. The lowest BCUT2D eigenvalue weighted by atomic mass is 10.2. The van der Waals surface area contributed by atoms with Gasteiger partial charge in [-0.1, -0.05) is 23.7 Å². The first-order chi connectivity index (χ1) is 14.4. The number of amides is 1. The van der Waals surface area contributed by atoms with E-state index in [2.05, 4.69) is 10.6 Å². The maximum atomic E-state index is 13.5. The van der Waals surface area contributed by atoms with Gasteiger partial charge in [0.25, 0.3) is 10.0 Å². The topological polar surface area (TPSA) is 105 Å². The third-order valence-corrected chi connectivity index (χ3v) is 5.84. The number of nitrogens with zero attached hydrogens (tertiary/aromatic N) is 1. The largest absolute Gasteiger partial charge is 0.459 e. The van der Waals surface area contributed by atoms with Crippen LogP contribution in [-0.2, 0) is 24.3 Å². The number of hydrogen-bond donors (Lipinski definition) is 2. The van der Waals surface area contributed by atoms with Crippen LogP contribution in [-0.4, -0.2) is 46.0 Å². The Morgan fingerprint density at radius 2 is 1.77 bits per heavy atom. The summed E-state index contributed by atoms with van der Waals surface area (Å²) >= 11 is 6.05. The fraction of sp³-hybridized carbons (Fsp3) is 0.333. The predicted octanol–water partition coefficient (Wildman–Crippen LogP) is 3.03. The van der Waals surface area contributed by atoms with Crippen molar-refractivity contribution < 1.29 is 22.7 Å². The van der Waals surface area contributed by atoms with Gasteiger partial charge in [-0.05, 0) is 64.2 Å². The van der Waals surface area contributed by atoms with E-state index in [1.807, 2.05) is 0 Å². The molecule has 0 saturated heterocycles. The van der Waals surface area contributed by atoms with Crippen LogP contribution in [0.15, 0.2) is 53.4 Å². The molecule has 10 heteroatoms. The molecule has 0 aliphatic heterocycles. The van der Waals surface area contributed by atoms with Crippen LogP contribution in [0.3, 0.4) is 0 Å². The van der Waals surface area contributed by atoms with Crippen molar-refractivity contribution in [1.29, 1.82) is 0 Å². The van der Waals surface area contributed by atoms with Crippen LogP contribution in [0.25, 0.3) is 0 Å². The summed E-state index contributed by atoms with van der Waals surface area (Å²) in [4.78, 5) is 24.2. The summed E-state index contributed by atoms with van der Waals surface area (Å²) in [5.74, 6) is -1.04. The Balaban J connectivity index is 2.44. The number of ether oxygens (including phenoxy) is 1. The average molecular weight is 468 g/mol. The molecular formula is C21H26ClN3O5S. The van der Waals surface area contributed by atoms with E-state index in [0.29, 0.717) is 10.7 Å². The predicted molar refractivity (Wildman–Crippen MR) is 121 cm³/mol. The number of halogens is 1. The first-order valence-corrected chi connectivity index (χ1v) is 11.3. The Labute approximate surface area is 187 Å². The van der Waals surface area contributed by atoms with Gasteiger partial charge in [0, 0.05) is 10.7 Å². The highest BCUT2D eigenvalue weighted by atomic mass is 35.5. The smallest absolute Gasteiger partial charge is 0.327 e. The van der Waals surface area contributed by atoms with E-state index in [-0.39, 0.29) is 23.0 Å². The van der Waals surface area contributed by atoms with Crippen molar-refractivity contribution >= 4 is 44.9 Å². The number of nitrogens with one attached hydrogen (secondary N) is 2. The van der Waals surface area contributed by atoms with Gasteiger partial charge < -0.3 is 15.4 Å². The molecule has 0 bridgehead atoms. The number of carbonyl (C=O) groups is 2. The highest BCUT2D eigenvalue weighted by Gasteiger charge is 2.29. The average Bonchev–Trinajstić information content (AvgIpc) is 2.65. The van der Waals surface area contributed by atoms with Gasteiger partial charge in [0.05, 0.1) is 17.1 Å². The number of sulfonamides is 1. The maximum absolute atomic E-state index is 13.5. The van der Waals surface area contributed by atoms with Crippen LogP contribution in [0.2, 0.25) is 5.02 Å². The Bertz CT molecular complexity index is 1050. The first-order valence-electron chi connectivity index (χ1n) is 9.47. The van der Waals surface area contributed by atoms with E-state index in [9.17, 15) is 18.0 Å². The highest BCUT2D eigenvalue weighted by molar-refractivity contribution is 7.92. The molecule has 2 aromatic carbocycles. The molecule has 0 aliphatic rings. The van der Waals surface area contributed by atoms with Crippen molar-refractivity contribution in [3.05, 3.63) is 53.6 Å². The van der Waals surface area contributed by atoms with Crippen LogP contribution >= 0.6 is 11.6 Å². The van der Waals surface area contributed by atoms with Crippen molar-refractivity contribution in [2.24, 2.45) is 0 Å². The molecular weight excluding hydrogens is 442 g/mol. The number of esters is 1. The summed E-state index contributed by atoms with van der Waals surface area (Å²) < 4.78 is 33.2. The number of rotatable bonds is 8. The lowest BCUT2D eigenvalue weighted by Crippen LogP contribution is -2.39. The van der Waals surface area contributed by atoms with Gasteiger partial charge in [0.2, 0.25) is 5.91 Å². The zero-order valence-electron chi connectivity index (χ0n) is 17.8. The second-order valence-electron chi connectivity index (χ2n) is 7.68. The van der Waals surface area contributed by atoms with Gasteiger partial charge in [-0.15, -0.1) is 0 Å². The Kier molecular flexibility index (Phi) is 8.05. The number of benzene rings is 2. The lowest BCUT2D eigenvalue weighted by molar-refractivity contribution is -0.152. The molecule has 0 aromatic heterocycles. The minimum absolute atomic E-state index is 0.0737. The molecule has 2 N–H and O–H groups in total. The molecule has 0 heterocycles. The zero-order chi connectivity index (χ0) is 23.2. The second kappa shape index (κ2) is 10.1. The fourth-order valence-electron chi connectivity index (χ4n) is 2.66. The normalized spacial score (nSPS) is 11.6. The van der Waals surface area contributed by atoms with Gasteiger partial charge in [-0.2, -0.15) is 0 Å². The summed E-state index contributed by atoms with van der Waals surface area (Å²) in [7, 11) is -2.56. The zero-order valence-corrected chi connectivity index (χ0v) is 19.4. The molecule has 0 radical (unpaired) electrons. The van der Waals surface area contributed by atoms with E-state index >= 15 is 0 Å². The second-order valence-corrected chi connectivity index (χ2v) is 9.98. The minimum Gasteiger partial charge on any atom is -0.459 e. The van der Waals surface area contributed by atoms with Crippen LogP contribution < -0.4 is 14.9 Å². The third kappa shape index (κ3) is 7.23. The lowest BCUT2D eigenvalue weighted by Gasteiger charge is -2.26. The van der Waals surface area contributed by atoms with Gasteiger partial charge in [-0.25, -0.2) is 8.42 Å². The molecule has 1 amide bonds. The van der Waals surface area contributed by atoms with E-state index in [1.54, 1.807) is 46.0 Å². The molecule has 0 saturated carbocycles.